The number of hydrogen-bond donors (Lipinski definition) is 1. The van der Waals surface area contributed by atoms with Crippen molar-refractivity contribution < 1.29 is 13.9 Å². The number of halogens is 1. The quantitative estimate of drug-likeness (QED) is 0.929. The summed E-state index contributed by atoms with van der Waals surface area (Å²) in [5, 5.41) is 3.56. The van der Waals surface area contributed by atoms with Crippen molar-refractivity contribution in [2.24, 2.45) is 11.8 Å². The Morgan fingerprint density at radius 2 is 2.00 bits per heavy atom. The van der Waals surface area contributed by atoms with Crippen molar-refractivity contribution in [3.8, 4) is 0 Å². The van der Waals surface area contributed by atoms with Crippen LogP contribution in [0.25, 0.3) is 0 Å². The second-order valence-corrected chi connectivity index (χ2v) is 7.68. The zero-order valence-corrected chi connectivity index (χ0v) is 14.2. The van der Waals surface area contributed by atoms with Gasteiger partial charge in [-0.2, -0.15) is 0 Å². The molecule has 1 aliphatic carbocycles. The summed E-state index contributed by atoms with van der Waals surface area (Å²) in [4.78, 5) is 13.9. The molecule has 3 rings (SSSR count). The molecule has 1 aromatic rings. The first kappa shape index (κ1) is 16.2. The van der Waals surface area contributed by atoms with Crippen molar-refractivity contribution in [1.82, 2.24) is 10.2 Å². The topological polar surface area (TPSA) is 41.6 Å². The fourth-order valence-electron chi connectivity index (χ4n) is 3.41. The Hall–Kier alpha value is -1.62. The van der Waals surface area contributed by atoms with E-state index in [1.165, 1.54) is 6.07 Å². The summed E-state index contributed by atoms with van der Waals surface area (Å²) in [6.45, 7) is 9.18. The van der Waals surface area contributed by atoms with Gasteiger partial charge in [0.25, 0.3) is 0 Å². The van der Waals surface area contributed by atoms with Gasteiger partial charge in [0.2, 0.25) is 0 Å². The van der Waals surface area contributed by atoms with Gasteiger partial charge in [0, 0.05) is 25.2 Å². The first-order chi connectivity index (χ1) is 10.7. The number of likely N-dealkylation sites (tertiary alicyclic amines) is 1. The SMILES string of the molecule is CC(NC1C2CN(C(=O)OC(C)(C)C)CC21)c1cccc(F)c1. The predicted octanol–water partition coefficient (Wildman–Crippen LogP) is 3.34. The number of nitrogens with zero attached hydrogens (tertiary/aromatic N) is 1. The Labute approximate surface area is 137 Å². The van der Waals surface area contributed by atoms with E-state index in [4.69, 9.17) is 4.74 Å². The lowest BCUT2D eigenvalue weighted by molar-refractivity contribution is 0.0268. The van der Waals surface area contributed by atoms with Gasteiger partial charge in [0.1, 0.15) is 11.4 Å². The summed E-state index contributed by atoms with van der Waals surface area (Å²) < 4.78 is 18.7. The molecular weight excluding hydrogens is 295 g/mol. The van der Waals surface area contributed by atoms with Gasteiger partial charge in [-0.15, -0.1) is 0 Å². The standard InChI is InChI=1S/C18H25FN2O2/c1-11(12-6-5-7-13(19)8-12)20-16-14-9-21(10-15(14)16)17(22)23-18(2,3)4/h5-8,11,14-16,20H,9-10H2,1-4H3. The highest BCUT2D eigenvalue weighted by Crippen LogP contribution is 2.46. The number of carbonyl (C=O) groups excluding carboxylic acids is 1. The van der Waals surface area contributed by atoms with E-state index >= 15 is 0 Å². The molecule has 1 aromatic carbocycles. The molecule has 126 valence electrons. The van der Waals surface area contributed by atoms with Crippen LogP contribution < -0.4 is 5.32 Å². The highest BCUT2D eigenvalue weighted by molar-refractivity contribution is 5.69. The first-order valence-corrected chi connectivity index (χ1v) is 8.24. The van der Waals surface area contributed by atoms with Crippen molar-refractivity contribution in [3.05, 3.63) is 35.6 Å². The van der Waals surface area contributed by atoms with E-state index in [1.54, 1.807) is 17.0 Å². The van der Waals surface area contributed by atoms with E-state index in [2.05, 4.69) is 12.2 Å². The Balaban J connectivity index is 1.50. The van der Waals surface area contributed by atoms with Crippen LogP contribution in [0.4, 0.5) is 9.18 Å². The van der Waals surface area contributed by atoms with Crippen molar-refractivity contribution >= 4 is 6.09 Å². The Morgan fingerprint density at radius 1 is 1.35 bits per heavy atom. The maximum absolute atomic E-state index is 13.3. The number of fused-ring (bicyclic) bond motifs is 1. The highest BCUT2D eigenvalue weighted by Gasteiger charge is 2.57. The minimum absolute atomic E-state index is 0.108. The molecule has 1 amide bonds. The smallest absolute Gasteiger partial charge is 0.410 e. The third-order valence-electron chi connectivity index (χ3n) is 4.64. The summed E-state index contributed by atoms with van der Waals surface area (Å²) in [5.41, 5.74) is 0.506. The third-order valence-corrected chi connectivity index (χ3v) is 4.64. The average Bonchev–Trinajstić information content (AvgIpc) is 2.90. The summed E-state index contributed by atoms with van der Waals surface area (Å²) in [5.74, 6) is 0.764. The Kier molecular flexibility index (Phi) is 4.08. The van der Waals surface area contributed by atoms with Crippen LogP contribution in [0, 0.1) is 17.7 Å². The fourth-order valence-corrected chi connectivity index (χ4v) is 3.41. The van der Waals surface area contributed by atoms with E-state index in [0.29, 0.717) is 17.9 Å². The van der Waals surface area contributed by atoms with Crippen LogP contribution in [0.15, 0.2) is 24.3 Å². The molecule has 0 aromatic heterocycles. The van der Waals surface area contributed by atoms with Gasteiger partial charge in [-0.3, -0.25) is 0 Å². The lowest BCUT2D eigenvalue weighted by Gasteiger charge is -2.26. The molecule has 1 saturated heterocycles. The summed E-state index contributed by atoms with van der Waals surface area (Å²) in [6, 6.07) is 7.22. The molecule has 1 aliphatic heterocycles. The Morgan fingerprint density at radius 3 is 2.57 bits per heavy atom. The van der Waals surface area contributed by atoms with E-state index in [9.17, 15) is 9.18 Å². The number of piperidine rings is 1. The average molecular weight is 320 g/mol. The summed E-state index contributed by atoms with van der Waals surface area (Å²) in [7, 11) is 0. The second kappa shape index (κ2) is 5.78. The number of ether oxygens (including phenoxy) is 1. The molecule has 0 spiro atoms. The van der Waals surface area contributed by atoms with E-state index in [-0.39, 0.29) is 18.0 Å². The highest BCUT2D eigenvalue weighted by atomic mass is 19.1. The minimum Gasteiger partial charge on any atom is -0.444 e. The van der Waals surface area contributed by atoms with E-state index < -0.39 is 5.60 Å². The molecule has 5 heteroatoms. The maximum atomic E-state index is 13.3. The third kappa shape index (κ3) is 3.66. The largest absolute Gasteiger partial charge is 0.444 e. The Bertz CT molecular complexity index is 587. The maximum Gasteiger partial charge on any atom is 0.410 e. The zero-order chi connectivity index (χ0) is 16.8. The van der Waals surface area contributed by atoms with Gasteiger partial charge < -0.3 is 15.0 Å². The van der Waals surface area contributed by atoms with Crippen molar-refractivity contribution in [3.63, 3.8) is 0 Å². The molecule has 23 heavy (non-hydrogen) atoms. The molecule has 4 nitrogen and oxygen atoms in total. The lowest BCUT2D eigenvalue weighted by Crippen LogP contribution is -2.39. The van der Waals surface area contributed by atoms with Gasteiger partial charge in [0.15, 0.2) is 0 Å². The molecule has 0 bridgehead atoms. The van der Waals surface area contributed by atoms with Crippen molar-refractivity contribution in [1.29, 1.82) is 0 Å². The van der Waals surface area contributed by atoms with Gasteiger partial charge in [-0.05, 0) is 57.2 Å². The lowest BCUT2D eigenvalue weighted by atomic mass is 10.1. The number of hydrogen-bond acceptors (Lipinski definition) is 3. The van der Waals surface area contributed by atoms with Crippen LogP contribution in [0.3, 0.4) is 0 Å². The van der Waals surface area contributed by atoms with Crippen LogP contribution in [-0.4, -0.2) is 35.7 Å². The molecule has 2 aliphatic rings. The van der Waals surface area contributed by atoms with Crippen LogP contribution in [-0.2, 0) is 4.74 Å². The molecule has 1 saturated carbocycles. The number of rotatable bonds is 3. The zero-order valence-electron chi connectivity index (χ0n) is 14.2. The molecular formula is C18H25FN2O2. The van der Waals surface area contributed by atoms with E-state index in [1.807, 2.05) is 26.8 Å². The van der Waals surface area contributed by atoms with Crippen LogP contribution >= 0.6 is 0 Å². The number of amides is 1. The second-order valence-electron chi connectivity index (χ2n) is 7.68. The molecule has 1 heterocycles. The first-order valence-electron chi connectivity index (χ1n) is 8.24. The van der Waals surface area contributed by atoms with Gasteiger partial charge in [0.05, 0.1) is 0 Å². The van der Waals surface area contributed by atoms with Gasteiger partial charge >= 0.3 is 6.09 Å². The monoisotopic (exact) mass is 320 g/mol. The fraction of sp³-hybridized carbons (Fsp3) is 0.611. The number of carbonyl (C=O) groups is 1. The molecule has 2 fully saturated rings. The molecule has 1 N–H and O–H groups in total. The predicted molar refractivity (Wildman–Crippen MR) is 86.5 cm³/mol. The summed E-state index contributed by atoms with van der Waals surface area (Å²) in [6.07, 6.45) is -0.221. The van der Waals surface area contributed by atoms with E-state index in [0.717, 1.165) is 18.7 Å². The van der Waals surface area contributed by atoms with Gasteiger partial charge in [-0.25, -0.2) is 9.18 Å². The molecule has 3 unspecified atom stereocenters. The van der Waals surface area contributed by atoms with Gasteiger partial charge in [-0.1, -0.05) is 12.1 Å². The normalized spacial score (nSPS) is 27.5. The van der Waals surface area contributed by atoms with Crippen LogP contribution in [0.5, 0.6) is 0 Å². The molecule has 3 atom stereocenters. The van der Waals surface area contributed by atoms with Crippen LogP contribution in [0.1, 0.15) is 39.3 Å². The molecule has 0 radical (unpaired) electrons. The summed E-state index contributed by atoms with van der Waals surface area (Å²) >= 11 is 0. The number of nitrogens with one attached hydrogen (secondary N) is 1. The minimum atomic E-state index is -0.451. The van der Waals surface area contributed by atoms with Crippen LogP contribution in [0.2, 0.25) is 0 Å². The van der Waals surface area contributed by atoms with Crippen molar-refractivity contribution in [2.75, 3.05) is 13.1 Å². The number of benzene rings is 1. The van der Waals surface area contributed by atoms with Crippen molar-refractivity contribution in [2.45, 2.75) is 45.4 Å².